The predicted octanol–water partition coefficient (Wildman–Crippen LogP) is 3.46. The minimum absolute atomic E-state index is 0.0652. The van der Waals surface area contributed by atoms with E-state index >= 15 is 0 Å². The Morgan fingerprint density at radius 3 is 2.74 bits per heavy atom. The van der Waals surface area contributed by atoms with Crippen molar-refractivity contribution in [2.24, 2.45) is 5.41 Å². The van der Waals surface area contributed by atoms with Gasteiger partial charge in [-0.2, -0.15) is 0 Å². The predicted molar refractivity (Wildman–Crippen MR) is 77.2 cm³/mol. The number of hydrogen-bond donors (Lipinski definition) is 2. The van der Waals surface area contributed by atoms with Crippen molar-refractivity contribution < 1.29 is 14.3 Å². The quantitative estimate of drug-likeness (QED) is 0.784. The Hall–Kier alpha value is -1.10. The second-order valence-electron chi connectivity index (χ2n) is 5.27. The van der Waals surface area contributed by atoms with Crippen LogP contribution in [0.5, 0.6) is 5.75 Å². The highest BCUT2D eigenvalue weighted by Crippen LogP contribution is 2.23. The smallest absolute Gasteiger partial charge is 0.258 e. The molecule has 1 rings (SSSR count). The number of rotatable bonds is 6. The van der Waals surface area contributed by atoms with Crippen LogP contribution in [0.3, 0.4) is 0 Å². The van der Waals surface area contributed by atoms with Crippen LogP contribution in [-0.4, -0.2) is 22.9 Å². The number of hydrogen-bond acceptors (Lipinski definition) is 2. The van der Waals surface area contributed by atoms with Gasteiger partial charge >= 0.3 is 0 Å². The molecule has 0 aliphatic heterocycles. The number of carbonyl (C=O) groups excluding carboxylic acids is 1. The largest absolute Gasteiger partial charge is 0.507 e. The van der Waals surface area contributed by atoms with Crippen LogP contribution in [0, 0.1) is 11.2 Å². The fourth-order valence-electron chi connectivity index (χ4n) is 1.78. The maximum atomic E-state index is 13.5. The van der Waals surface area contributed by atoms with Gasteiger partial charge in [-0.05, 0) is 30.4 Å². The summed E-state index contributed by atoms with van der Waals surface area (Å²) in [7, 11) is 0. The first kappa shape index (κ1) is 16.0. The van der Waals surface area contributed by atoms with Gasteiger partial charge in [0, 0.05) is 11.9 Å². The van der Waals surface area contributed by atoms with E-state index in [1.807, 2.05) is 13.8 Å². The van der Waals surface area contributed by atoms with Crippen LogP contribution in [0.2, 0.25) is 0 Å². The zero-order valence-electron chi connectivity index (χ0n) is 11.2. The molecule has 1 aromatic rings. The lowest BCUT2D eigenvalue weighted by atomic mass is 9.88. The number of phenolic OH excluding ortho intramolecular Hbond substituents is 1. The van der Waals surface area contributed by atoms with Crippen molar-refractivity contribution in [1.29, 1.82) is 0 Å². The number of nitrogens with one attached hydrogen (secondary N) is 1. The lowest BCUT2D eigenvalue weighted by Gasteiger charge is -2.24. The maximum absolute atomic E-state index is 13.5. The van der Waals surface area contributed by atoms with Gasteiger partial charge in [0.15, 0.2) is 0 Å². The molecule has 0 unspecified atom stereocenters. The molecule has 0 bridgehead atoms. The van der Waals surface area contributed by atoms with Crippen molar-refractivity contribution in [3.8, 4) is 5.75 Å². The molecule has 0 saturated heterocycles. The fourth-order valence-corrected chi connectivity index (χ4v) is 2.06. The van der Waals surface area contributed by atoms with Gasteiger partial charge in [0.2, 0.25) is 0 Å². The summed E-state index contributed by atoms with van der Waals surface area (Å²) < 4.78 is 13.5. The normalized spacial score (nSPS) is 11.4. The summed E-state index contributed by atoms with van der Waals surface area (Å²) in [5.74, 6) is -1.63. The molecule has 1 aromatic carbocycles. The van der Waals surface area contributed by atoms with E-state index in [4.69, 9.17) is 0 Å². The highest BCUT2D eigenvalue weighted by Gasteiger charge is 2.21. The van der Waals surface area contributed by atoms with Crippen LogP contribution >= 0.6 is 15.9 Å². The van der Waals surface area contributed by atoms with Crippen LogP contribution < -0.4 is 5.32 Å². The van der Waals surface area contributed by atoms with E-state index in [1.165, 1.54) is 12.1 Å². The SMILES string of the molecule is CC(C)(CCCBr)CNC(=O)c1c(O)cccc1F. The molecule has 0 saturated carbocycles. The minimum atomic E-state index is -0.712. The topological polar surface area (TPSA) is 49.3 Å². The fraction of sp³-hybridized carbons (Fsp3) is 0.500. The summed E-state index contributed by atoms with van der Waals surface area (Å²) in [6, 6.07) is 3.82. The van der Waals surface area contributed by atoms with Gasteiger partial charge in [-0.3, -0.25) is 4.79 Å². The summed E-state index contributed by atoms with van der Waals surface area (Å²) in [6.45, 7) is 4.51. The molecule has 0 spiro atoms. The number of carbonyl (C=O) groups is 1. The van der Waals surface area contributed by atoms with Crippen LogP contribution in [-0.2, 0) is 0 Å². The minimum Gasteiger partial charge on any atom is -0.507 e. The molecule has 0 aliphatic carbocycles. The van der Waals surface area contributed by atoms with Crippen LogP contribution in [0.4, 0.5) is 4.39 Å². The second-order valence-corrected chi connectivity index (χ2v) is 6.07. The molecule has 106 valence electrons. The first-order valence-electron chi connectivity index (χ1n) is 6.19. The van der Waals surface area contributed by atoms with E-state index in [0.717, 1.165) is 24.2 Å². The van der Waals surface area contributed by atoms with Gasteiger partial charge in [-0.1, -0.05) is 35.8 Å². The van der Waals surface area contributed by atoms with E-state index < -0.39 is 11.7 Å². The van der Waals surface area contributed by atoms with Crippen LogP contribution in [0.25, 0.3) is 0 Å². The number of phenols is 1. The van der Waals surface area contributed by atoms with Gasteiger partial charge < -0.3 is 10.4 Å². The molecule has 5 heteroatoms. The molecular formula is C14H19BrFNO2. The molecule has 2 N–H and O–H groups in total. The molecule has 0 aliphatic rings. The Morgan fingerprint density at radius 2 is 2.16 bits per heavy atom. The molecule has 0 radical (unpaired) electrons. The summed E-state index contributed by atoms with van der Waals surface area (Å²) in [6.07, 6.45) is 1.95. The van der Waals surface area contributed by atoms with Gasteiger partial charge in [0.05, 0.1) is 0 Å². The molecule has 0 fully saturated rings. The van der Waals surface area contributed by atoms with E-state index in [0.29, 0.717) is 6.54 Å². The Bertz CT molecular complexity index is 429. The van der Waals surface area contributed by atoms with E-state index in [2.05, 4.69) is 21.2 Å². The summed E-state index contributed by atoms with van der Waals surface area (Å²) in [5.41, 5.74) is -0.358. The van der Waals surface area contributed by atoms with Gasteiger partial charge in [0.1, 0.15) is 17.1 Å². The Kier molecular flexibility index (Phi) is 5.79. The van der Waals surface area contributed by atoms with Gasteiger partial charge in [-0.15, -0.1) is 0 Å². The maximum Gasteiger partial charge on any atom is 0.258 e. The number of aromatic hydroxyl groups is 1. The highest BCUT2D eigenvalue weighted by molar-refractivity contribution is 9.09. The lowest BCUT2D eigenvalue weighted by molar-refractivity contribution is 0.0927. The van der Waals surface area contributed by atoms with E-state index in [1.54, 1.807) is 0 Å². The third-order valence-electron chi connectivity index (χ3n) is 2.93. The molecule has 0 heterocycles. The van der Waals surface area contributed by atoms with Crippen molar-refractivity contribution in [1.82, 2.24) is 5.32 Å². The highest BCUT2D eigenvalue weighted by atomic mass is 79.9. The summed E-state index contributed by atoms with van der Waals surface area (Å²) >= 11 is 3.37. The number of alkyl halides is 1. The Balaban J connectivity index is 2.66. The van der Waals surface area contributed by atoms with Gasteiger partial charge in [-0.25, -0.2) is 4.39 Å². The molecular weight excluding hydrogens is 313 g/mol. The second kappa shape index (κ2) is 6.89. The number of halogens is 2. The van der Waals surface area contributed by atoms with Crippen molar-refractivity contribution in [3.63, 3.8) is 0 Å². The zero-order valence-corrected chi connectivity index (χ0v) is 12.8. The average Bonchev–Trinajstić information content (AvgIpc) is 2.34. The summed E-state index contributed by atoms with van der Waals surface area (Å²) in [4.78, 5) is 11.9. The standard InChI is InChI=1S/C14H19BrFNO2/c1-14(2,7-4-8-15)9-17-13(19)12-10(16)5-3-6-11(12)18/h3,5-6,18H,4,7-9H2,1-2H3,(H,17,19). The molecule has 19 heavy (non-hydrogen) atoms. The Morgan fingerprint density at radius 1 is 1.47 bits per heavy atom. The van der Waals surface area contributed by atoms with Crippen molar-refractivity contribution >= 4 is 21.8 Å². The lowest BCUT2D eigenvalue weighted by Crippen LogP contribution is -2.34. The first-order chi connectivity index (χ1) is 8.87. The van der Waals surface area contributed by atoms with Gasteiger partial charge in [0.25, 0.3) is 5.91 Å². The monoisotopic (exact) mass is 331 g/mol. The van der Waals surface area contributed by atoms with Crippen LogP contribution in [0.1, 0.15) is 37.0 Å². The average molecular weight is 332 g/mol. The zero-order chi connectivity index (χ0) is 14.5. The molecule has 3 nitrogen and oxygen atoms in total. The summed E-state index contributed by atoms with van der Waals surface area (Å²) in [5, 5.41) is 13.1. The Labute approximate surface area is 121 Å². The first-order valence-corrected chi connectivity index (χ1v) is 7.31. The molecule has 0 atom stereocenters. The molecule has 0 aromatic heterocycles. The third-order valence-corrected chi connectivity index (χ3v) is 3.49. The number of benzene rings is 1. The van der Waals surface area contributed by atoms with E-state index in [9.17, 15) is 14.3 Å². The van der Waals surface area contributed by atoms with Crippen molar-refractivity contribution in [3.05, 3.63) is 29.6 Å². The van der Waals surface area contributed by atoms with E-state index in [-0.39, 0.29) is 16.7 Å². The van der Waals surface area contributed by atoms with Crippen molar-refractivity contribution in [2.45, 2.75) is 26.7 Å². The number of amides is 1. The van der Waals surface area contributed by atoms with Crippen molar-refractivity contribution in [2.75, 3.05) is 11.9 Å². The molecule has 1 amide bonds. The third kappa shape index (κ3) is 4.82. The van der Waals surface area contributed by atoms with Crippen LogP contribution in [0.15, 0.2) is 18.2 Å².